The van der Waals surface area contributed by atoms with Crippen LogP contribution in [-0.2, 0) is 0 Å². The van der Waals surface area contributed by atoms with E-state index in [0.29, 0.717) is 0 Å². The largest absolute Gasteiger partial charge is 0.320 e. The lowest BCUT2D eigenvalue weighted by atomic mass is 10.2. The molecule has 0 aliphatic carbocycles. The van der Waals surface area contributed by atoms with Gasteiger partial charge in [0, 0.05) is 6.07 Å². The molecule has 0 amide bonds. The van der Waals surface area contributed by atoms with E-state index in [1.807, 2.05) is 36.4 Å². The van der Waals surface area contributed by atoms with Crippen molar-refractivity contribution in [3.05, 3.63) is 59.3 Å². The fraction of sp³-hybridized carbons (Fsp3) is 0. The predicted molar refractivity (Wildman–Crippen MR) is 49.1 cm³/mol. The van der Waals surface area contributed by atoms with Crippen LogP contribution < -0.4 is 15.7 Å². The summed E-state index contributed by atoms with van der Waals surface area (Å²) in [4.78, 5) is 0. The molecule has 0 aromatic heterocycles. The minimum atomic E-state index is 1.02. The Kier molecular flexibility index (Phi) is 1.19. The molecule has 0 fully saturated rings. The van der Waals surface area contributed by atoms with Gasteiger partial charge in [-0.3, -0.25) is 0 Å². The minimum Gasteiger partial charge on any atom is -0.0611 e. The van der Waals surface area contributed by atoms with Gasteiger partial charge in [0.05, 0.1) is 5.22 Å². The van der Waals surface area contributed by atoms with Crippen molar-refractivity contribution in [1.29, 1.82) is 0 Å². The van der Waals surface area contributed by atoms with Crippen molar-refractivity contribution in [3.63, 3.8) is 0 Å². The zero-order chi connectivity index (χ0) is 8.67. The highest BCUT2D eigenvalue weighted by Crippen LogP contribution is 2.08. The summed E-state index contributed by atoms with van der Waals surface area (Å²) in [7, 11) is 0. The standard InChI is InChI=1S/C11H7N2/c1-2-6-10-9(5-1)11-7-3-4-8-13(11)12-10/h1-7H/q+1. The van der Waals surface area contributed by atoms with Crippen LogP contribution in [0.15, 0.2) is 42.5 Å². The van der Waals surface area contributed by atoms with Gasteiger partial charge >= 0.3 is 5.36 Å². The van der Waals surface area contributed by atoms with Crippen molar-refractivity contribution in [2.24, 2.45) is 0 Å². The zero-order valence-electron chi connectivity index (χ0n) is 6.94. The minimum absolute atomic E-state index is 1.02. The third kappa shape index (κ3) is 0.855. The molecule has 0 N–H and O–H groups in total. The Morgan fingerprint density at radius 2 is 2.15 bits per heavy atom. The van der Waals surface area contributed by atoms with E-state index in [-0.39, 0.29) is 0 Å². The highest BCUT2D eigenvalue weighted by Gasteiger charge is 2.24. The quantitative estimate of drug-likeness (QED) is 0.526. The van der Waals surface area contributed by atoms with Gasteiger partial charge in [-0.1, -0.05) is 23.2 Å². The van der Waals surface area contributed by atoms with E-state index in [0.717, 1.165) is 11.1 Å². The predicted octanol–water partition coefficient (Wildman–Crippen LogP) is -0.133. The Morgan fingerprint density at radius 1 is 1.23 bits per heavy atom. The van der Waals surface area contributed by atoms with Gasteiger partial charge in [-0.05, 0) is 18.2 Å². The lowest BCUT2D eigenvalue weighted by Gasteiger charge is -2.00. The smallest absolute Gasteiger partial charge is 0.0611 e. The number of rotatable bonds is 0. The second-order valence-corrected chi connectivity index (χ2v) is 2.97. The van der Waals surface area contributed by atoms with E-state index in [1.165, 1.54) is 5.22 Å². The van der Waals surface area contributed by atoms with Crippen molar-refractivity contribution in [2.45, 2.75) is 0 Å². The van der Waals surface area contributed by atoms with Crippen LogP contribution in [0.2, 0.25) is 0 Å². The summed E-state index contributed by atoms with van der Waals surface area (Å²) in [6, 6.07) is 8.10. The summed E-state index contributed by atoms with van der Waals surface area (Å²) in [5, 5.41) is 8.36. The molecule has 1 aromatic carbocycles. The van der Waals surface area contributed by atoms with Crippen LogP contribution in [0.5, 0.6) is 0 Å². The Bertz CT molecular complexity index is 523. The molecule has 2 radical (unpaired) electrons. The van der Waals surface area contributed by atoms with Gasteiger partial charge in [0.25, 0.3) is 0 Å². The van der Waals surface area contributed by atoms with Gasteiger partial charge in [-0.2, -0.15) is 0 Å². The molecule has 2 aliphatic heterocycles. The molecule has 13 heavy (non-hydrogen) atoms. The number of hydrogen-bond acceptors (Lipinski definition) is 2. The zero-order valence-corrected chi connectivity index (χ0v) is 6.94. The molecule has 0 spiro atoms. The average Bonchev–Trinajstić information content (AvgIpc) is 2.56. The molecule has 2 aliphatic rings. The Morgan fingerprint density at radius 3 is 3.15 bits per heavy atom. The normalized spacial score (nSPS) is 16.9. The third-order valence-corrected chi connectivity index (χ3v) is 2.16. The van der Waals surface area contributed by atoms with Crippen LogP contribution >= 0.6 is 0 Å². The van der Waals surface area contributed by atoms with Crippen molar-refractivity contribution < 1.29 is 0 Å². The van der Waals surface area contributed by atoms with Crippen molar-refractivity contribution in [1.82, 2.24) is 10.1 Å². The second kappa shape index (κ2) is 2.33. The summed E-state index contributed by atoms with van der Waals surface area (Å²) < 4.78 is 0. The summed E-state index contributed by atoms with van der Waals surface area (Å²) >= 11 is 0. The van der Waals surface area contributed by atoms with E-state index < -0.39 is 0 Å². The maximum atomic E-state index is 4.38. The SMILES string of the molecule is [C]1=CC=CC2=c3ccccc3=[N+]N12. The first-order valence-corrected chi connectivity index (χ1v) is 4.19. The molecule has 2 heteroatoms. The number of fused-ring (bicyclic) bond motifs is 2. The topological polar surface area (TPSA) is 17.3 Å². The van der Waals surface area contributed by atoms with Crippen molar-refractivity contribution in [2.75, 3.05) is 0 Å². The van der Waals surface area contributed by atoms with Crippen LogP contribution in [-0.4, -0.2) is 5.01 Å². The average molecular weight is 167 g/mol. The highest BCUT2D eigenvalue weighted by atomic mass is 15.5. The van der Waals surface area contributed by atoms with Crippen LogP contribution in [0.3, 0.4) is 0 Å². The maximum Gasteiger partial charge on any atom is 0.320 e. The first kappa shape index (κ1) is 6.66. The first-order valence-electron chi connectivity index (χ1n) is 4.19. The summed E-state index contributed by atoms with van der Waals surface area (Å²) in [6.07, 6.45) is 8.93. The third-order valence-electron chi connectivity index (χ3n) is 2.16. The number of allylic oxidation sites excluding steroid dienone is 2. The van der Waals surface area contributed by atoms with Gasteiger partial charge in [0.15, 0.2) is 5.10 Å². The molecule has 0 unspecified atom stereocenters. The molecule has 0 saturated carbocycles. The van der Waals surface area contributed by atoms with E-state index in [1.54, 1.807) is 5.01 Å². The van der Waals surface area contributed by atoms with Crippen molar-refractivity contribution >= 4 is 5.70 Å². The van der Waals surface area contributed by atoms with E-state index in [9.17, 15) is 0 Å². The molecular weight excluding hydrogens is 160 g/mol. The van der Waals surface area contributed by atoms with Crippen LogP contribution in [0.1, 0.15) is 0 Å². The molecule has 0 atom stereocenters. The van der Waals surface area contributed by atoms with Crippen LogP contribution in [0, 0.1) is 6.20 Å². The molecular formula is C11H7N2+. The maximum absolute atomic E-state index is 4.38. The molecule has 0 bridgehead atoms. The Labute approximate surface area is 75.8 Å². The fourth-order valence-electron chi connectivity index (χ4n) is 1.56. The first-order chi connectivity index (χ1) is 6.45. The Hall–Kier alpha value is -1.83. The number of nitrogens with zero attached hydrogens (tertiary/aromatic N) is 2. The lowest BCUT2D eigenvalue weighted by Crippen LogP contribution is -2.24. The van der Waals surface area contributed by atoms with E-state index in [4.69, 9.17) is 0 Å². The molecule has 1 aromatic rings. The van der Waals surface area contributed by atoms with Crippen LogP contribution in [0.25, 0.3) is 5.70 Å². The summed E-state index contributed by atoms with van der Waals surface area (Å²) in [5.41, 5.74) is 1.11. The van der Waals surface area contributed by atoms with Gasteiger partial charge in [-0.25, -0.2) is 0 Å². The second-order valence-electron chi connectivity index (χ2n) is 2.97. The summed E-state index contributed by atoms with van der Waals surface area (Å²) in [6.45, 7) is 0. The molecule has 3 rings (SSSR count). The van der Waals surface area contributed by atoms with Crippen LogP contribution in [0.4, 0.5) is 0 Å². The van der Waals surface area contributed by atoms with Gasteiger partial charge in [0.1, 0.15) is 11.9 Å². The highest BCUT2D eigenvalue weighted by molar-refractivity contribution is 5.58. The summed E-state index contributed by atoms with van der Waals surface area (Å²) in [5.74, 6) is 0. The number of benzene rings is 1. The van der Waals surface area contributed by atoms with E-state index in [2.05, 4.69) is 17.4 Å². The number of hydrogen-bond donors (Lipinski definition) is 0. The van der Waals surface area contributed by atoms with Crippen molar-refractivity contribution in [3.8, 4) is 0 Å². The van der Waals surface area contributed by atoms with E-state index >= 15 is 0 Å². The molecule has 60 valence electrons. The van der Waals surface area contributed by atoms with Gasteiger partial charge < -0.3 is 0 Å². The monoisotopic (exact) mass is 167 g/mol. The molecule has 0 saturated heterocycles. The lowest BCUT2D eigenvalue weighted by molar-refractivity contribution is 0.473. The molecule has 2 nitrogen and oxygen atoms in total. The van der Waals surface area contributed by atoms with Gasteiger partial charge in [-0.15, -0.1) is 0 Å². The van der Waals surface area contributed by atoms with Gasteiger partial charge in [0.2, 0.25) is 0 Å². The Balaban J connectivity index is 2.44. The fourth-order valence-corrected chi connectivity index (χ4v) is 1.56. The molecule has 2 heterocycles.